The van der Waals surface area contributed by atoms with Crippen LogP contribution in [0.5, 0.6) is 0 Å². The van der Waals surface area contributed by atoms with Crippen LogP contribution >= 0.6 is 0 Å². The summed E-state index contributed by atoms with van der Waals surface area (Å²) < 4.78 is 0. The van der Waals surface area contributed by atoms with Gasteiger partial charge in [0.05, 0.1) is 0 Å². The monoisotopic (exact) mass is 268 g/mol. The Balaban J connectivity index is 2.54. The van der Waals surface area contributed by atoms with Crippen molar-refractivity contribution < 1.29 is 4.79 Å². The van der Waals surface area contributed by atoms with Crippen LogP contribution in [0.4, 0.5) is 0 Å². The van der Waals surface area contributed by atoms with Crippen LogP contribution in [-0.2, 0) is 4.79 Å². The number of unbranched alkanes of at least 4 members (excludes halogenated alkanes) is 1. The summed E-state index contributed by atoms with van der Waals surface area (Å²) in [7, 11) is 0. The number of hydrogen-bond acceptors (Lipinski definition) is 2. The van der Waals surface area contributed by atoms with Crippen LogP contribution < -0.4 is 5.73 Å². The number of hydrogen-bond donors (Lipinski definition) is 1. The maximum absolute atomic E-state index is 12.5. The number of nitrogens with two attached hydrogens (primary N) is 1. The van der Waals surface area contributed by atoms with Crippen LogP contribution in [0.15, 0.2) is 0 Å². The first-order chi connectivity index (χ1) is 9.10. The largest absolute Gasteiger partial charge is 0.340 e. The molecule has 112 valence electrons. The van der Waals surface area contributed by atoms with E-state index >= 15 is 0 Å². The normalized spacial score (nSPS) is 25.1. The van der Waals surface area contributed by atoms with Gasteiger partial charge in [-0.3, -0.25) is 4.79 Å². The van der Waals surface area contributed by atoms with Gasteiger partial charge < -0.3 is 10.6 Å². The van der Waals surface area contributed by atoms with Gasteiger partial charge in [0.15, 0.2) is 0 Å². The maximum atomic E-state index is 12.5. The predicted molar refractivity (Wildman–Crippen MR) is 80.9 cm³/mol. The summed E-state index contributed by atoms with van der Waals surface area (Å²) in [4.78, 5) is 14.6. The van der Waals surface area contributed by atoms with Crippen LogP contribution in [0.25, 0.3) is 0 Å². The van der Waals surface area contributed by atoms with E-state index in [9.17, 15) is 4.79 Å². The topological polar surface area (TPSA) is 46.3 Å². The number of nitrogens with zero attached hydrogens (tertiary/aromatic N) is 1. The molecule has 1 rings (SSSR count). The molecule has 2 N–H and O–H groups in total. The highest BCUT2D eigenvalue weighted by Crippen LogP contribution is 2.26. The first-order valence-corrected chi connectivity index (χ1v) is 8.15. The number of amides is 1. The van der Waals surface area contributed by atoms with Crippen molar-refractivity contribution in [2.75, 3.05) is 6.54 Å². The van der Waals surface area contributed by atoms with E-state index in [1.54, 1.807) is 0 Å². The standard InChI is InChI=1S/C16H32N2O/c1-4-6-11-18(13(3)5-2)16(19)12-14-9-7-8-10-15(14)17/h13-15H,4-12,17H2,1-3H3. The Bertz CT molecular complexity index is 267. The molecule has 0 aromatic carbocycles. The molecule has 0 saturated heterocycles. The molecule has 0 aromatic heterocycles. The fourth-order valence-electron chi connectivity index (χ4n) is 2.97. The van der Waals surface area contributed by atoms with Crippen LogP contribution in [-0.4, -0.2) is 29.4 Å². The Hall–Kier alpha value is -0.570. The van der Waals surface area contributed by atoms with Gasteiger partial charge in [0.2, 0.25) is 5.91 Å². The second-order valence-electron chi connectivity index (χ2n) is 6.11. The van der Waals surface area contributed by atoms with Crippen molar-refractivity contribution >= 4 is 5.91 Å². The van der Waals surface area contributed by atoms with E-state index < -0.39 is 0 Å². The Labute approximate surface area is 118 Å². The lowest BCUT2D eigenvalue weighted by Gasteiger charge is -2.33. The fourth-order valence-corrected chi connectivity index (χ4v) is 2.97. The highest BCUT2D eigenvalue weighted by molar-refractivity contribution is 5.76. The summed E-state index contributed by atoms with van der Waals surface area (Å²) >= 11 is 0. The Morgan fingerprint density at radius 2 is 2.00 bits per heavy atom. The molecule has 1 saturated carbocycles. The molecule has 0 aliphatic heterocycles. The second-order valence-corrected chi connectivity index (χ2v) is 6.11. The van der Waals surface area contributed by atoms with Gasteiger partial charge in [0, 0.05) is 25.0 Å². The molecule has 19 heavy (non-hydrogen) atoms. The third-order valence-corrected chi connectivity index (χ3v) is 4.60. The minimum Gasteiger partial charge on any atom is -0.340 e. The zero-order valence-electron chi connectivity index (χ0n) is 13.0. The molecule has 0 radical (unpaired) electrons. The number of carbonyl (C=O) groups excluding carboxylic acids is 1. The van der Waals surface area contributed by atoms with Crippen molar-refractivity contribution in [1.82, 2.24) is 4.90 Å². The average Bonchev–Trinajstić information content (AvgIpc) is 2.41. The van der Waals surface area contributed by atoms with Crippen molar-refractivity contribution in [2.24, 2.45) is 11.7 Å². The van der Waals surface area contributed by atoms with E-state index in [0.29, 0.717) is 24.3 Å². The first-order valence-electron chi connectivity index (χ1n) is 8.15. The third kappa shape index (κ3) is 5.13. The van der Waals surface area contributed by atoms with Gasteiger partial charge in [-0.05, 0) is 38.5 Å². The number of carbonyl (C=O) groups is 1. The van der Waals surface area contributed by atoms with Gasteiger partial charge in [-0.1, -0.05) is 33.1 Å². The third-order valence-electron chi connectivity index (χ3n) is 4.60. The smallest absolute Gasteiger partial charge is 0.223 e. The quantitative estimate of drug-likeness (QED) is 0.770. The van der Waals surface area contributed by atoms with E-state index in [2.05, 4.69) is 25.7 Å². The van der Waals surface area contributed by atoms with Crippen molar-refractivity contribution in [3.8, 4) is 0 Å². The minimum absolute atomic E-state index is 0.239. The van der Waals surface area contributed by atoms with Gasteiger partial charge in [0.25, 0.3) is 0 Å². The molecule has 0 aromatic rings. The molecule has 0 spiro atoms. The molecule has 3 atom stereocenters. The highest BCUT2D eigenvalue weighted by atomic mass is 16.2. The van der Waals surface area contributed by atoms with Gasteiger partial charge in [0.1, 0.15) is 0 Å². The van der Waals surface area contributed by atoms with E-state index in [4.69, 9.17) is 5.73 Å². The van der Waals surface area contributed by atoms with E-state index in [0.717, 1.165) is 38.6 Å². The zero-order chi connectivity index (χ0) is 14.3. The van der Waals surface area contributed by atoms with Gasteiger partial charge in [-0.15, -0.1) is 0 Å². The molecule has 0 heterocycles. The first kappa shape index (κ1) is 16.5. The van der Waals surface area contributed by atoms with Crippen LogP contribution in [0.2, 0.25) is 0 Å². The van der Waals surface area contributed by atoms with E-state index in [-0.39, 0.29) is 6.04 Å². The number of rotatable bonds is 7. The Morgan fingerprint density at radius 3 is 2.58 bits per heavy atom. The van der Waals surface area contributed by atoms with Crippen molar-refractivity contribution in [3.05, 3.63) is 0 Å². The fraction of sp³-hybridized carbons (Fsp3) is 0.938. The van der Waals surface area contributed by atoms with Gasteiger partial charge >= 0.3 is 0 Å². The van der Waals surface area contributed by atoms with Crippen LogP contribution in [0, 0.1) is 5.92 Å². The molecular weight excluding hydrogens is 236 g/mol. The lowest BCUT2D eigenvalue weighted by Crippen LogP contribution is -2.42. The van der Waals surface area contributed by atoms with Crippen molar-refractivity contribution in [2.45, 2.75) is 84.2 Å². The van der Waals surface area contributed by atoms with Crippen LogP contribution in [0.3, 0.4) is 0 Å². The molecule has 1 aliphatic carbocycles. The maximum Gasteiger partial charge on any atom is 0.223 e. The predicted octanol–water partition coefficient (Wildman–Crippen LogP) is 3.32. The molecule has 3 unspecified atom stereocenters. The lowest BCUT2D eigenvalue weighted by atomic mass is 9.82. The van der Waals surface area contributed by atoms with Gasteiger partial charge in [-0.2, -0.15) is 0 Å². The summed E-state index contributed by atoms with van der Waals surface area (Å²) in [5, 5.41) is 0. The molecule has 1 fully saturated rings. The van der Waals surface area contributed by atoms with Crippen LogP contribution in [0.1, 0.15) is 72.1 Å². The summed E-state index contributed by atoms with van der Waals surface area (Å²) in [6, 6.07) is 0.599. The van der Waals surface area contributed by atoms with E-state index in [1.807, 2.05) is 0 Å². The molecule has 3 heteroatoms. The summed E-state index contributed by atoms with van der Waals surface area (Å²) in [5.41, 5.74) is 6.17. The van der Waals surface area contributed by atoms with E-state index in [1.165, 1.54) is 12.8 Å². The summed E-state index contributed by atoms with van der Waals surface area (Å²) in [5.74, 6) is 0.736. The molecule has 1 aliphatic rings. The van der Waals surface area contributed by atoms with Crippen molar-refractivity contribution in [1.29, 1.82) is 0 Å². The minimum atomic E-state index is 0.239. The average molecular weight is 268 g/mol. The summed E-state index contributed by atoms with van der Waals surface area (Å²) in [6.45, 7) is 7.40. The SMILES string of the molecule is CCCCN(C(=O)CC1CCCCC1N)C(C)CC. The molecule has 0 bridgehead atoms. The van der Waals surface area contributed by atoms with Crippen molar-refractivity contribution in [3.63, 3.8) is 0 Å². The molecular formula is C16H32N2O. The second kappa shape index (κ2) is 8.57. The highest BCUT2D eigenvalue weighted by Gasteiger charge is 2.27. The zero-order valence-corrected chi connectivity index (χ0v) is 13.0. The van der Waals surface area contributed by atoms with Gasteiger partial charge in [-0.25, -0.2) is 0 Å². The molecule has 3 nitrogen and oxygen atoms in total. The Kier molecular flexibility index (Phi) is 7.44. The Morgan fingerprint density at radius 1 is 1.32 bits per heavy atom. The summed E-state index contributed by atoms with van der Waals surface area (Å²) in [6.07, 6.45) is 8.64. The lowest BCUT2D eigenvalue weighted by molar-refractivity contribution is -0.134. The molecule has 1 amide bonds.